The number of benzene rings is 2. The van der Waals surface area contributed by atoms with Crippen LogP contribution in [0.5, 0.6) is 0 Å². The molecule has 0 saturated heterocycles. The summed E-state index contributed by atoms with van der Waals surface area (Å²) in [5.74, 6) is -1.48. The van der Waals surface area contributed by atoms with Crippen LogP contribution in [-0.4, -0.2) is 47.4 Å². The van der Waals surface area contributed by atoms with Crippen LogP contribution in [0.1, 0.15) is 47.1 Å². The number of hydrogen-bond donors (Lipinski definition) is 2. The lowest BCUT2D eigenvalue weighted by Gasteiger charge is -2.25. The van der Waals surface area contributed by atoms with Gasteiger partial charge in [0.25, 0.3) is 11.8 Å². The van der Waals surface area contributed by atoms with Crippen LogP contribution >= 0.6 is 0 Å². The van der Waals surface area contributed by atoms with E-state index in [1.54, 1.807) is 60.4 Å². The molecule has 0 aliphatic carbocycles. The molecule has 0 aliphatic rings. The number of amides is 2. The van der Waals surface area contributed by atoms with Gasteiger partial charge in [-0.3, -0.25) is 14.4 Å². The van der Waals surface area contributed by atoms with E-state index in [1.807, 2.05) is 19.9 Å². The average molecular weight is 382 g/mol. The Labute approximate surface area is 165 Å². The second kappa shape index (κ2) is 9.17. The van der Waals surface area contributed by atoms with Crippen molar-refractivity contribution in [3.63, 3.8) is 0 Å². The zero-order chi connectivity index (χ0) is 20.7. The van der Waals surface area contributed by atoms with Gasteiger partial charge in [0.1, 0.15) is 5.41 Å². The van der Waals surface area contributed by atoms with Crippen LogP contribution < -0.4 is 5.32 Å². The Hall–Kier alpha value is -3.15. The SMILES string of the molecule is CCN(CC)C(=O)c1ccc(C(=O)NCC(C)(C(=O)O)c2ccccc2)cc1. The van der Waals surface area contributed by atoms with E-state index in [4.69, 9.17) is 0 Å². The lowest BCUT2D eigenvalue weighted by molar-refractivity contribution is -0.142. The summed E-state index contributed by atoms with van der Waals surface area (Å²) in [5, 5.41) is 12.4. The Morgan fingerprint density at radius 2 is 1.46 bits per heavy atom. The third-order valence-corrected chi connectivity index (χ3v) is 4.93. The number of aliphatic carboxylic acids is 1. The van der Waals surface area contributed by atoms with E-state index in [1.165, 1.54) is 0 Å². The smallest absolute Gasteiger partial charge is 0.315 e. The third-order valence-electron chi connectivity index (χ3n) is 4.93. The standard InChI is InChI=1S/C22H26N2O4/c1-4-24(5-2)20(26)17-13-11-16(12-14-17)19(25)23-15-22(3,21(27)28)18-9-7-6-8-10-18/h6-14H,4-5,15H2,1-3H3,(H,23,25)(H,27,28). The van der Waals surface area contributed by atoms with Crippen LogP contribution in [0.25, 0.3) is 0 Å². The van der Waals surface area contributed by atoms with Crippen molar-refractivity contribution in [1.82, 2.24) is 10.2 Å². The van der Waals surface area contributed by atoms with Crippen LogP contribution in [-0.2, 0) is 10.2 Å². The van der Waals surface area contributed by atoms with E-state index in [-0.39, 0.29) is 18.4 Å². The summed E-state index contributed by atoms with van der Waals surface area (Å²) in [6.45, 7) is 6.59. The average Bonchev–Trinajstić information content (AvgIpc) is 2.73. The van der Waals surface area contributed by atoms with Crippen LogP contribution in [0.4, 0.5) is 0 Å². The Balaban J connectivity index is 2.10. The van der Waals surface area contributed by atoms with Crippen LogP contribution in [0, 0.1) is 0 Å². The highest BCUT2D eigenvalue weighted by atomic mass is 16.4. The summed E-state index contributed by atoms with van der Waals surface area (Å²) in [6.07, 6.45) is 0. The molecule has 0 saturated carbocycles. The van der Waals surface area contributed by atoms with Crippen molar-refractivity contribution in [2.75, 3.05) is 19.6 Å². The van der Waals surface area contributed by atoms with E-state index < -0.39 is 11.4 Å². The molecule has 6 nitrogen and oxygen atoms in total. The summed E-state index contributed by atoms with van der Waals surface area (Å²) >= 11 is 0. The van der Waals surface area contributed by atoms with E-state index in [2.05, 4.69) is 5.32 Å². The molecule has 0 fully saturated rings. The summed E-state index contributed by atoms with van der Waals surface area (Å²) in [5.41, 5.74) is 0.259. The third kappa shape index (κ3) is 4.57. The number of carbonyl (C=O) groups is 3. The van der Waals surface area contributed by atoms with Crippen molar-refractivity contribution >= 4 is 17.8 Å². The molecule has 2 aromatic rings. The van der Waals surface area contributed by atoms with Gasteiger partial charge in [-0.1, -0.05) is 30.3 Å². The largest absolute Gasteiger partial charge is 0.481 e. The molecular formula is C22H26N2O4. The fraction of sp³-hybridized carbons (Fsp3) is 0.318. The van der Waals surface area contributed by atoms with Gasteiger partial charge in [0.15, 0.2) is 0 Å². The summed E-state index contributed by atoms with van der Waals surface area (Å²) in [4.78, 5) is 38.3. The van der Waals surface area contributed by atoms with Crippen molar-refractivity contribution < 1.29 is 19.5 Å². The first-order valence-corrected chi connectivity index (χ1v) is 9.30. The Kier molecular flexibility index (Phi) is 6.93. The Morgan fingerprint density at radius 1 is 0.929 bits per heavy atom. The molecule has 2 amide bonds. The maximum absolute atomic E-state index is 12.5. The van der Waals surface area contributed by atoms with Gasteiger partial charge in [-0.15, -0.1) is 0 Å². The minimum atomic E-state index is -1.24. The molecule has 148 valence electrons. The van der Waals surface area contributed by atoms with Crippen molar-refractivity contribution in [1.29, 1.82) is 0 Å². The van der Waals surface area contributed by atoms with Gasteiger partial charge in [-0.2, -0.15) is 0 Å². The monoisotopic (exact) mass is 382 g/mol. The first-order chi connectivity index (χ1) is 13.3. The molecule has 28 heavy (non-hydrogen) atoms. The molecule has 0 radical (unpaired) electrons. The number of carboxylic acid groups (broad SMARTS) is 1. The highest BCUT2D eigenvalue weighted by Crippen LogP contribution is 2.23. The van der Waals surface area contributed by atoms with E-state index in [0.717, 1.165) is 0 Å². The Bertz CT molecular complexity index is 829. The van der Waals surface area contributed by atoms with Gasteiger partial charge in [-0.25, -0.2) is 0 Å². The minimum absolute atomic E-state index is 0.0503. The van der Waals surface area contributed by atoms with Crippen molar-refractivity contribution in [2.24, 2.45) is 0 Å². The predicted molar refractivity (Wildman–Crippen MR) is 107 cm³/mol. The normalized spacial score (nSPS) is 12.7. The number of carboxylic acids is 1. The molecule has 2 rings (SSSR count). The van der Waals surface area contributed by atoms with Crippen LogP contribution in [0.2, 0.25) is 0 Å². The highest BCUT2D eigenvalue weighted by molar-refractivity contribution is 5.98. The summed E-state index contributed by atoms with van der Waals surface area (Å²) in [7, 11) is 0. The topological polar surface area (TPSA) is 86.7 Å². The molecule has 0 heterocycles. The molecular weight excluding hydrogens is 356 g/mol. The maximum atomic E-state index is 12.5. The number of carbonyl (C=O) groups excluding carboxylic acids is 2. The molecule has 0 bridgehead atoms. The quantitative estimate of drug-likeness (QED) is 0.735. The minimum Gasteiger partial charge on any atom is -0.481 e. The van der Waals surface area contributed by atoms with E-state index in [9.17, 15) is 19.5 Å². The molecule has 6 heteroatoms. The maximum Gasteiger partial charge on any atom is 0.315 e. The van der Waals surface area contributed by atoms with Crippen LogP contribution in [0.15, 0.2) is 54.6 Å². The lowest BCUT2D eigenvalue weighted by Crippen LogP contribution is -2.44. The molecule has 1 atom stereocenters. The zero-order valence-electron chi connectivity index (χ0n) is 16.4. The van der Waals surface area contributed by atoms with E-state index >= 15 is 0 Å². The molecule has 2 aromatic carbocycles. The molecule has 0 spiro atoms. The van der Waals surface area contributed by atoms with Gasteiger partial charge in [-0.05, 0) is 50.6 Å². The molecule has 0 aliphatic heterocycles. The van der Waals surface area contributed by atoms with E-state index in [0.29, 0.717) is 29.8 Å². The predicted octanol–water partition coefficient (Wildman–Crippen LogP) is 2.94. The highest BCUT2D eigenvalue weighted by Gasteiger charge is 2.35. The number of nitrogens with one attached hydrogen (secondary N) is 1. The lowest BCUT2D eigenvalue weighted by atomic mass is 9.82. The first kappa shape index (κ1) is 21.2. The number of nitrogens with zero attached hydrogens (tertiary/aromatic N) is 1. The summed E-state index contributed by atoms with van der Waals surface area (Å²) < 4.78 is 0. The molecule has 0 aromatic heterocycles. The van der Waals surface area contributed by atoms with Crippen LogP contribution in [0.3, 0.4) is 0 Å². The van der Waals surface area contributed by atoms with Gasteiger partial charge >= 0.3 is 5.97 Å². The zero-order valence-corrected chi connectivity index (χ0v) is 16.4. The fourth-order valence-corrected chi connectivity index (χ4v) is 2.92. The summed E-state index contributed by atoms with van der Waals surface area (Å²) in [6, 6.07) is 15.2. The van der Waals surface area contributed by atoms with Crippen molar-refractivity contribution in [3.8, 4) is 0 Å². The first-order valence-electron chi connectivity index (χ1n) is 9.30. The fourth-order valence-electron chi connectivity index (χ4n) is 2.92. The Morgan fingerprint density at radius 3 is 1.96 bits per heavy atom. The number of rotatable bonds is 8. The van der Waals surface area contributed by atoms with Gasteiger partial charge < -0.3 is 15.3 Å². The van der Waals surface area contributed by atoms with Gasteiger partial charge in [0.2, 0.25) is 0 Å². The van der Waals surface area contributed by atoms with Gasteiger partial charge in [0, 0.05) is 30.8 Å². The second-order valence-corrected chi connectivity index (χ2v) is 6.74. The molecule has 2 N–H and O–H groups in total. The van der Waals surface area contributed by atoms with Crippen molar-refractivity contribution in [2.45, 2.75) is 26.2 Å². The van der Waals surface area contributed by atoms with Gasteiger partial charge in [0.05, 0.1) is 0 Å². The molecule has 1 unspecified atom stereocenters. The number of hydrogen-bond acceptors (Lipinski definition) is 3. The van der Waals surface area contributed by atoms with Crippen molar-refractivity contribution in [3.05, 3.63) is 71.3 Å². The second-order valence-electron chi connectivity index (χ2n) is 6.74.